The Hall–Kier alpha value is -10.7. The molecule has 3 aromatic heterocycles. The minimum atomic E-state index is -3.79. The van der Waals surface area contributed by atoms with Crippen LogP contribution in [0.3, 0.4) is 0 Å². The number of carbonyl (C=O) groups is 7. The number of halogens is 9. The summed E-state index contributed by atoms with van der Waals surface area (Å²) < 4.78 is 193. The molecule has 27 nitrogen and oxygen atoms in total. The molecule has 0 N–H and O–H groups in total. The Morgan fingerprint density at radius 3 is 1.33 bits per heavy atom. The summed E-state index contributed by atoms with van der Waals surface area (Å²) in [6.45, 7) is 5.34. The second kappa shape index (κ2) is 30.8. The third-order valence-electron chi connectivity index (χ3n) is 14.8. The van der Waals surface area contributed by atoms with Crippen molar-refractivity contribution in [3.8, 4) is 0 Å². The van der Waals surface area contributed by atoms with E-state index in [2.05, 4.69) is 24.2 Å². The molecule has 3 saturated heterocycles. The van der Waals surface area contributed by atoms with Crippen LogP contribution in [-0.2, 0) is 54.1 Å². The van der Waals surface area contributed by atoms with Crippen molar-refractivity contribution in [2.24, 2.45) is 0 Å². The van der Waals surface area contributed by atoms with E-state index in [0.717, 1.165) is 65.8 Å². The summed E-state index contributed by atoms with van der Waals surface area (Å²) >= 11 is 0. The first-order valence-corrected chi connectivity index (χ1v) is 31.6. The molecule has 0 spiro atoms. The van der Waals surface area contributed by atoms with Crippen molar-refractivity contribution in [2.45, 2.75) is 83.7 Å². The van der Waals surface area contributed by atoms with Gasteiger partial charge < -0.3 is 47.2 Å². The van der Waals surface area contributed by atoms with Crippen LogP contribution in [0.5, 0.6) is 0 Å². The van der Waals surface area contributed by atoms with Crippen LogP contribution in [0.1, 0.15) is 57.8 Å². The molecule has 0 radical (unpaired) electrons. The van der Waals surface area contributed by atoms with Crippen molar-refractivity contribution in [3.63, 3.8) is 0 Å². The van der Waals surface area contributed by atoms with E-state index in [4.69, 9.17) is 28.0 Å². The number of allylic oxidation sites excluding steroid dienone is 3. The molecule has 0 unspecified atom stereocenters. The Morgan fingerprint density at radius 1 is 0.566 bits per heavy atom. The second-order valence-electron chi connectivity index (χ2n) is 23.2. The number of aryl methyl sites for hydroxylation is 2. The van der Waals surface area contributed by atoms with E-state index in [-0.39, 0.29) is 88.2 Å². The van der Waals surface area contributed by atoms with Crippen LogP contribution in [0.15, 0.2) is 106 Å². The van der Waals surface area contributed by atoms with Gasteiger partial charge in [-0.25, -0.2) is 58.7 Å². The number of ether oxygens (including phenoxy) is 4. The van der Waals surface area contributed by atoms with Gasteiger partial charge in [-0.3, -0.25) is 38.2 Å². The first-order chi connectivity index (χ1) is 46.8. The number of benzene rings is 3. The van der Waals surface area contributed by atoms with E-state index in [1.165, 1.54) is 37.1 Å². The zero-order valence-corrected chi connectivity index (χ0v) is 53.6. The van der Waals surface area contributed by atoms with E-state index >= 15 is 4.39 Å². The number of nitrogens with zero attached hydrogens (tertiary/aromatic N) is 10. The maximum absolute atomic E-state index is 15.0. The molecule has 3 aromatic carbocycles. The van der Waals surface area contributed by atoms with Crippen molar-refractivity contribution in [1.29, 1.82) is 0 Å². The van der Waals surface area contributed by atoms with E-state index in [9.17, 15) is 77.1 Å². The average Bonchev–Trinajstić information content (AvgIpc) is 1.75. The fourth-order valence-corrected chi connectivity index (χ4v) is 10.5. The summed E-state index contributed by atoms with van der Waals surface area (Å²) in [6.07, 6.45) is 6.40. The van der Waals surface area contributed by atoms with Gasteiger partial charge in [-0.05, 0) is 58.8 Å². The van der Waals surface area contributed by atoms with Crippen LogP contribution in [0.25, 0.3) is 0 Å². The SMILES string of the molecule is CC(C)(C)OC(=O)N(C[C@H]1CN(c2cc(F)c(N3C=CC(=O)CC3)c(F)c2F)C(=O)O1)c1ccon1.CS(=O)(=O)OC[C@H]1CN(c2cc(F)c(N3C=CC(=O)CC3)c(F)c2F)C(=O)O1.Cc1ccon1.O=C1C=CN(c2c(F)cc(N3C[C@H](CCc4ccon4)OC3=O)c(F)c2F)CC1. The molecular formula is C62H59F9N10O17S. The highest BCUT2D eigenvalue weighted by molar-refractivity contribution is 7.86. The van der Waals surface area contributed by atoms with E-state index in [1.54, 1.807) is 39.2 Å². The van der Waals surface area contributed by atoms with Gasteiger partial charge in [0.1, 0.15) is 66.4 Å². The molecule has 6 aliphatic rings. The normalized spacial score (nSPS) is 18.4. The number of cyclic esters (lactones) is 3. The van der Waals surface area contributed by atoms with Gasteiger partial charge in [-0.2, -0.15) is 8.42 Å². The number of ketones is 3. The minimum absolute atomic E-state index is 0.0125. The van der Waals surface area contributed by atoms with Gasteiger partial charge in [0.05, 0.1) is 60.9 Å². The highest BCUT2D eigenvalue weighted by Gasteiger charge is 2.42. The van der Waals surface area contributed by atoms with E-state index in [1.807, 2.05) is 6.92 Å². The molecule has 6 aromatic rings. The molecule has 528 valence electrons. The number of carbonyl (C=O) groups excluding carboxylic acids is 7. The quantitative estimate of drug-likeness (QED) is 0.0399. The lowest BCUT2D eigenvalue weighted by molar-refractivity contribution is -0.115. The van der Waals surface area contributed by atoms with Crippen LogP contribution in [0.2, 0.25) is 0 Å². The molecule has 0 aliphatic carbocycles. The van der Waals surface area contributed by atoms with Crippen LogP contribution in [0.4, 0.5) is 98.6 Å². The van der Waals surface area contributed by atoms with E-state index < -0.39 is 151 Å². The molecule has 9 heterocycles. The van der Waals surface area contributed by atoms with Gasteiger partial charge in [0.15, 0.2) is 75.5 Å². The topological polar surface area (TPSA) is 301 Å². The fraction of sp³-hybridized carbons (Fsp3) is 0.355. The number of amides is 4. The summed E-state index contributed by atoms with van der Waals surface area (Å²) in [5.41, 5.74) is -3.10. The van der Waals surface area contributed by atoms with Crippen LogP contribution < -0.4 is 34.3 Å². The fourth-order valence-electron chi connectivity index (χ4n) is 10.1. The standard InChI is InChI=1S/C23H23F3N4O6.C19H16F3N3O4.C16H15F3N2O6S.C4H5NO/c1-23(2,3)36-22(33)30(17-6-9-34-27-17)12-14-11-29(21(32)35-14)16-10-15(24)20(19(26)18(16)25)28-7-4-13(31)5-8-28;20-14-9-15(16(21)17(22)18(14)24-6-3-12(26)4-7-24)25-10-13(29-19(25)27)2-1-11-5-8-28-23-11;1-28(24,25)26-8-10-7-21(16(23)27-10)12-6-11(17)15(14(19)13(12)18)20-4-2-9(22)3-5-20;1-4-2-3-6-5-4/h4,6-7,9-10,14H,5,8,11-12H2,1-3H3;3,5-6,8-9,13H,1-2,4,7,10H2;2,4,6,10H,3,5,7-8H2,1H3;2-3H,1H3/t14-;13-;10-;/m101./s1. The van der Waals surface area contributed by atoms with Crippen molar-refractivity contribution in [3.05, 3.63) is 156 Å². The Kier molecular flexibility index (Phi) is 22.6. The summed E-state index contributed by atoms with van der Waals surface area (Å²) in [5.74, 6) is -12.6. The van der Waals surface area contributed by atoms with Gasteiger partial charge in [0.2, 0.25) is 0 Å². The molecule has 12 rings (SSSR count). The summed E-state index contributed by atoms with van der Waals surface area (Å²) in [5, 5.41) is 11.0. The Labute approximate surface area is 556 Å². The molecule has 3 atom stereocenters. The number of hydrogen-bond donors (Lipinski definition) is 0. The number of aromatic nitrogens is 3. The smallest absolute Gasteiger partial charge is 0.416 e. The Bertz CT molecular complexity index is 4240. The molecule has 99 heavy (non-hydrogen) atoms. The lowest BCUT2D eigenvalue weighted by Crippen LogP contribution is -2.42. The van der Waals surface area contributed by atoms with Crippen molar-refractivity contribution in [2.75, 3.05) is 93.0 Å². The molecule has 3 fully saturated rings. The maximum atomic E-state index is 15.0. The highest BCUT2D eigenvalue weighted by atomic mass is 32.2. The predicted molar refractivity (Wildman–Crippen MR) is 327 cm³/mol. The molecule has 6 aliphatic heterocycles. The molecular weight excluding hydrogens is 1360 g/mol. The first-order valence-electron chi connectivity index (χ1n) is 29.8. The average molecular weight is 1420 g/mol. The Morgan fingerprint density at radius 2 is 0.970 bits per heavy atom. The molecule has 4 amide bonds. The summed E-state index contributed by atoms with van der Waals surface area (Å²) in [7, 11) is -3.79. The third kappa shape index (κ3) is 17.9. The van der Waals surface area contributed by atoms with Crippen LogP contribution in [0, 0.1) is 59.3 Å². The zero-order valence-electron chi connectivity index (χ0n) is 52.8. The number of rotatable bonds is 15. The van der Waals surface area contributed by atoms with E-state index in [0.29, 0.717) is 35.6 Å². The molecule has 0 saturated carbocycles. The number of hydrogen-bond acceptors (Lipinski definition) is 23. The monoisotopic (exact) mass is 1420 g/mol. The van der Waals surface area contributed by atoms with Gasteiger partial charge in [0.25, 0.3) is 10.1 Å². The van der Waals surface area contributed by atoms with Crippen molar-refractivity contribution in [1.82, 2.24) is 15.5 Å². The highest BCUT2D eigenvalue weighted by Crippen LogP contribution is 2.39. The summed E-state index contributed by atoms with van der Waals surface area (Å²) in [4.78, 5) is 89.7. The molecule has 0 bridgehead atoms. The van der Waals surface area contributed by atoms with Crippen LogP contribution >= 0.6 is 0 Å². The third-order valence-corrected chi connectivity index (χ3v) is 15.3. The van der Waals surface area contributed by atoms with Crippen molar-refractivity contribution >= 4 is 91.8 Å². The van der Waals surface area contributed by atoms with Gasteiger partial charge in [-0.15, -0.1) is 0 Å². The maximum Gasteiger partial charge on any atom is 0.416 e. The largest absolute Gasteiger partial charge is 0.444 e. The van der Waals surface area contributed by atoms with Crippen LogP contribution in [-0.4, -0.2) is 148 Å². The molecule has 37 heteroatoms. The zero-order chi connectivity index (χ0) is 71.8. The lowest BCUT2D eigenvalue weighted by atomic mass is 10.1. The first kappa shape index (κ1) is 72.5. The Balaban J connectivity index is 0.000000167. The van der Waals surface area contributed by atoms with Gasteiger partial charge in [-0.1, -0.05) is 15.5 Å². The predicted octanol–water partition coefficient (Wildman–Crippen LogP) is 10.2. The second-order valence-corrected chi connectivity index (χ2v) is 24.8. The lowest BCUT2D eigenvalue weighted by Gasteiger charge is -2.27. The minimum Gasteiger partial charge on any atom is -0.444 e. The van der Waals surface area contributed by atoms with Gasteiger partial charge >= 0.3 is 24.4 Å². The number of anilines is 7. The van der Waals surface area contributed by atoms with Crippen molar-refractivity contribution < 1.29 is 118 Å². The summed E-state index contributed by atoms with van der Waals surface area (Å²) in [6, 6.07) is 6.95. The van der Waals surface area contributed by atoms with Gasteiger partial charge in [0, 0.05) is 93.9 Å².